The Hall–Kier alpha value is -1.85. The van der Waals surface area contributed by atoms with E-state index in [-0.39, 0.29) is 5.54 Å². The Morgan fingerprint density at radius 3 is 1.88 bits per heavy atom. The second-order valence-corrected chi connectivity index (χ2v) is 4.03. The fourth-order valence-corrected chi connectivity index (χ4v) is 1.11. The van der Waals surface area contributed by atoms with Gasteiger partial charge in [0.15, 0.2) is 0 Å². The van der Waals surface area contributed by atoms with Crippen molar-refractivity contribution < 1.29 is 19.8 Å². The number of carboxylic acids is 2. The molecule has 1 aliphatic rings. The third-order valence-electron chi connectivity index (χ3n) is 1.62. The first-order chi connectivity index (χ1) is 7.23. The minimum atomic E-state index is -1.26. The number of hydrogen-bond donors (Lipinski definition) is 3. The van der Waals surface area contributed by atoms with Gasteiger partial charge in [-0.15, -0.1) is 0 Å². The van der Waals surface area contributed by atoms with Crippen LogP contribution in [0, 0.1) is 0 Å². The molecular formula is C10H16N2O4. The Balaban J connectivity index is 0.000000281. The Kier molecular flexibility index (Phi) is 5.21. The van der Waals surface area contributed by atoms with Crippen molar-refractivity contribution in [1.82, 2.24) is 5.43 Å². The largest absolute Gasteiger partial charge is 0.478 e. The Labute approximate surface area is 93.7 Å². The van der Waals surface area contributed by atoms with Crippen LogP contribution in [0.1, 0.15) is 27.2 Å². The molecule has 0 atom stereocenters. The van der Waals surface area contributed by atoms with Crippen molar-refractivity contribution in [2.24, 2.45) is 5.10 Å². The molecule has 6 nitrogen and oxygen atoms in total. The molecule has 6 heteroatoms. The van der Waals surface area contributed by atoms with Crippen LogP contribution in [-0.4, -0.2) is 33.4 Å². The quantitative estimate of drug-likeness (QED) is 0.608. The molecule has 1 rings (SSSR count). The highest BCUT2D eigenvalue weighted by Crippen LogP contribution is 2.14. The van der Waals surface area contributed by atoms with E-state index in [4.69, 9.17) is 10.2 Å². The molecule has 0 amide bonds. The molecule has 0 aromatic carbocycles. The molecule has 90 valence electrons. The molecule has 0 aromatic rings. The molecule has 1 heterocycles. The van der Waals surface area contributed by atoms with Crippen LogP contribution >= 0.6 is 0 Å². The Morgan fingerprint density at radius 1 is 1.31 bits per heavy atom. The predicted octanol–water partition coefficient (Wildman–Crippen LogP) is 0.846. The summed E-state index contributed by atoms with van der Waals surface area (Å²) >= 11 is 0. The first-order valence-electron chi connectivity index (χ1n) is 4.67. The van der Waals surface area contributed by atoms with Gasteiger partial charge in [0.1, 0.15) is 0 Å². The number of nitrogens with zero attached hydrogens (tertiary/aromatic N) is 1. The maximum atomic E-state index is 9.55. The van der Waals surface area contributed by atoms with Crippen LogP contribution in [0.5, 0.6) is 0 Å². The summed E-state index contributed by atoms with van der Waals surface area (Å²) in [6.07, 6.45) is 2.19. The van der Waals surface area contributed by atoms with Gasteiger partial charge in [-0.05, 0) is 20.8 Å². The number of hydrogen-bond acceptors (Lipinski definition) is 4. The summed E-state index contributed by atoms with van der Waals surface area (Å²) in [7, 11) is 0. The van der Waals surface area contributed by atoms with E-state index in [0.717, 1.165) is 6.42 Å². The van der Waals surface area contributed by atoms with E-state index in [2.05, 4.69) is 24.4 Å². The van der Waals surface area contributed by atoms with Gasteiger partial charge in [-0.3, -0.25) is 0 Å². The van der Waals surface area contributed by atoms with Gasteiger partial charge < -0.3 is 15.6 Å². The van der Waals surface area contributed by atoms with Crippen LogP contribution in [0.2, 0.25) is 0 Å². The first kappa shape index (κ1) is 14.2. The molecule has 0 unspecified atom stereocenters. The van der Waals surface area contributed by atoms with E-state index in [9.17, 15) is 9.59 Å². The molecule has 0 spiro atoms. The summed E-state index contributed by atoms with van der Waals surface area (Å²) < 4.78 is 0. The van der Waals surface area contributed by atoms with Crippen LogP contribution in [0.25, 0.3) is 0 Å². The van der Waals surface area contributed by atoms with Crippen LogP contribution in [0.3, 0.4) is 0 Å². The van der Waals surface area contributed by atoms with Gasteiger partial charge in [-0.25, -0.2) is 9.59 Å². The van der Waals surface area contributed by atoms with E-state index >= 15 is 0 Å². The average Bonchev–Trinajstić information content (AvgIpc) is 2.42. The topological polar surface area (TPSA) is 99.0 Å². The molecule has 16 heavy (non-hydrogen) atoms. The molecule has 1 aliphatic heterocycles. The Bertz CT molecular complexity index is 316. The van der Waals surface area contributed by atoms with Crippen molar-refractivity contribution in [3.8, 4) is 0 Å². The summed E-state index contributed by atoms with van der Waals surface area (Å²) in [4.78, 5) is 19.1. The lowest BCUT2D eigenvalue weighted by Gasteiger charge is -2.15. The normalized spacial score (nSPS) is 17.1. The second-order valence-electron chi connectivity index (χ2n) is 4.03. The van der Waals surface area contributed by atoms with Gasteiger partial charge >= 0.3 is 11.9 Å². The van der Waals surface area contributed by atoms with Crippen molar-refractivity contribution in [3.05, 3.63) is 12.2 Å². The Morgan fingerprint density at radius 2 is 1.75 bits per heavy atom. The molecule has 0 aliphatic carbocycles. The summed E-state index contributed by atoms with van der Waals surface area (Å²) in [5.41, 5.74) is 4.45. The number of rotatable bonds is 2. The van der Waals surface area contributed by atoms with Gasteiger partial charge in [0.25, 0.3) is 0 Å². The highest BCUT2D eigenvalue weighted by molar-refractivity contribution is 5.89. The van der Waals surface area contributed by atoms with Crippen LogP contribution in [-0.2, 0) is 9.59 Å². The van der Waals surface area contributed by atoms with Gasteiger partial charge in [0, 0.05) is 24.3 Å². The van der Waals surface area contributed by atoms with Crippen molar-refractivity contribution in [1.29, 1.82) is 0 Å². The van der Waals surface area contributed by atoms with E-state index in [1.807, 2.05) is 6.92 Å². The summed E-state index contributed by atoms with van der Waals surface area (Å²) in [5, 5.41) is 19.7. The van der Waals surface area contributed by atoms with E-state index in [0.29, 0.717) is 12.2 Å². The third-order valence-corrected chi connectivity index (χ3v) is 1.62. The SMILES string of the molecule is CC1=NNC(C)(C)C1.O=C(O)/C=C\C(=O)O. The minimum Gasteiger partial charge on any atom is -0.478 e. The lowest BCUT2D eigenvalue weighted by molar-refractivity contribution is -0.134. The first-order valence-corrected chi connectivity index (χ1v) is 4.67. The highest BCUT2D eigenvalue weighted by Gasteiger charge is 2.22. The van der Waals surface area contributed by atoms with Crippen molar-refractivity contribution in [2.75, 3.05) is 0 Å². The fraction of sp³-hybridized carbons (Fsp3) is 0.500. The summed E-state index contributed by atoms with van der Waals surface area (Å²) in [6, 6.07) is 0. The zero-order valence-corrected chi connectivity index (χ0v) is 9.52. The molecule has 0 radical (unpaired) electrons. The van der Waals surface area contributed by atoms with Crippen LogP contribution in [0.15, 0.2) is 17.3 Å². The maximum absolute atomic E-state index is 9.55. The average molecular weight is 228 g/mol. The lowest BCUT2D eigenvalue weighted by atomic mass is 10.0. The number of aliphatic carboxylic acids is 2. The smallest absolute Gasteiger partial charge is 0.328 e. The van der Waals surface area contributed by atoms with Crippen molar-refractivity contribution in [3.63, 3.8) is 0 Å². The standard InChI is InChI=1S/C6H12N2.C4H4O4/c1-5-4-6(2,3)8-7-5;5-3(6)1-2-4(7)8/h8H,4H2,1-3H3;1-2H,(H,5,6)(H,7,8)/b;2-1-. The lowest BCUT2D eigenvalue weighted by Crippen LogP contribution is -2.30. The summed E-state index contributed by atoms with van der Waals surface area (Å²) in [5.74, 6) is -2.51. The van der Waals surface area contributed by atoms with E-state index in [1.54, 1.807) is 0 Å². The molecule has 0 bridgehead atoms. The molecule has 0 saturated carbocycles. The molecule has 0 saturated heterocycles. The van der Waals surface area contributed by atoms with E-state index < -0.39 is 11.9 Å². The summed E-state index contributed by atoms with van der Waals surface area (Å²) in [6.45, 7) is 6.34. The fourth-order valence-electron chi connectivity index (χ4n) is 1.11. The van der Waals surface area contributed by atoms with Gasteiger partial charge in [0.2, 0.25) is 0 Å². The van der Waals surface area contributed by atoms with Crippen molar-refractivity contribution >= 4 is 17.7 Å². The van der Waals surface area contributed by atoms with Crippen LogP contribution < -0.4 is 5.43 Å². The number of nitrogens with one attached hydrogen (secondary N) is 1. The third kappa shape index (κ3) is 7.54. The number of carboxylic acid groups (broad SMARTS) is 2. The van der Waals surface area contributed by atoms with Gasteiger partial charge in [-0.2, -0.15) is 5.10 Å². The predicted molar refractivity (Wildman–Crippen MR) is 59.4 cm³/mol. The number of hydrazone groups is 1. The van der Waals surface area contributed by atoms with Crippen molar-refractivity contribution in [2.45, 2.75) is 32.7 Å². The van der Waals surface area contributed by atoms with Gasteiger partial charge in [-0.1, -0.05) is 0 Å². The zero-order valence-electron chi connectivity index (χ0n) is 9.52. The number of carbonyl (C=O) groups is 2. The zero-order chi connectivity index (χ0) is 12.8. The molecule has 0 fully saturated rings. The van der Waals surface area contributed by atoms with E-state index in [1.165, 1.54) is 5.71 Å². The highest BCUT2D eigenvalue weighted by atomic mass is 16.4. The molecular weight excluding hydrogens is 212 g/mol. The monoisotopic (exact) mass is 228 g/mol. The molecule has 0 aromatic heterocycles. The maximum Gasteiger partial charge on any atom is 0.328 e. The second kappa shape index (κ2) is 5.89. The minimum absolute atomic E-state index is 0.212. The molecule has 3 N–H and O–H groups in total. The van der Waals surface area contributed by atoms with Gasteiger partial charge in [0.05, 0.1) is 5.54 Å². The van der Waals surface area contributed by atoms with Crippen LogP contribution in [0.4, 0.5) is 0 Å².